The van der Waals surface area contributed by atoms with Crippen molar-refractivity contribution in [1.29, 1.82) is 0 Å². The van der Waals surface area contributed by atoms with Gasteiger partial charge in [0.15, 0.2) is 0 Å². The summed E-state index contributed by atoms with van der Waals surface area (Å²) in [4.78, 5) is 12.1. The SMILES string of the molecule is CC(Cc1ccc(C(F)(F)F)cc1)C(=O)NC(CN)C1CC1.Cl. The van der Waals surface area contributed by atoms with Crippen molar-refractivity contribution in [2.45, 2.75) is 38.4 Å². The Labute approximate surface area is 140 Å². The lowest BCUT2D eigenvalue weighted by atomic mass is 9.98. The molecule has 1 saturated carbocycles. The Morgan fingerprint density at radius 1 is 1.30 bits per heavy atom. The van der Waals surface area contributed by atoms with Crippen molar-refractivity contribution in [3.63, 3.8) is 0 Å². The molecule has 2 atom stereocenters. The molecule has 0 spiro atoms. The van der Waals surface area contributed by atoms with Crippen LogP contribution in [-0.2, 0) is 17.4 Å². The van der Waals surface area contributed by atoms with Gasteiger partial charge in [0.25, 0.3) is 0 Å². The van der Waals surface area contributed by atoms with Gasteiger partial charge in [-0.05, 0) is 42.9 Å². The second-order valence-electron chi connectivity index (χ2n) is 5.99. The summed E-state index contributed by atoms with van der Waals surface area (Å²) >= 11 is 0. The van der Waals surface area contributed by atoms with Crippen molar-refractivity contribution in [3.8, 4) is 0 Å². The van der Waals surface area contributed by atoms with Crippen LogP contribution >= 0.6 is 12.4 Å². The van der Waals surface area contributed by atoms with Crippen molar-refractivity contribution >= 4 is 18.3 Å². The van der Waals surface area contributed by atoms with Crippen LogP contribution in [0.15, 0.2) is 24.3 Å². The largest absolute Gasteiger partial charge is 0.416 e. The highest BCUT2D eigenvalue weighted by atomic mass is 35.5. The molecule has 1 aromatic carbocycles. The topological polar surface area (TPSA) is 55.1 Å². The summed E-state index contributed by atoms with van der Waals surface area (Å²) in [6.07, 6.45) is -1.74. The van der Waals surface area contributed by atoms with E-state index in [9.17, 15) is 18.0 Å². The Hall–Kier alpha value is -1.27. The molecule has 1 aliphatic rings. The highest BCUT2D eigenvalue weighted by Crippen LogP contribution is 2.32. The number of nitrogens with one attached hydrogen (secondary N) is 1. The maximum Gasteiger partial charge on any atom is 0.416 e. The first kappa shape index (κ1) is 19.8. The Bertz CT molecular complexity index is 515. The zero-order valence-corrected chi connectivity index (χ0v) is 13.7. The van der Waals surface area contributed by atoms with Gasteiger partial charge in [-0.15, -0.1) is 12.4 Å². The minimum absolute atomic E-state index is 0. The molecule has 7 heteroatoms. The lowest BCUT2D eigenvalue weighted by molar-refractivity contribution is -0.137. The van der Waals surface area contributed by atoms with Gasteiger partial charge in [-0.2, -0.15) is 13.2 Å². The van der Waals surface area contributed by atoms with Gasteiger partial charge in [-0.1, -0.05) is 19.1 Å². The molecule has 0 bridgehead atoms. The molecule has 3 N–H and O–H groups in total. The fraction of sp³-hybridized carbons (Fsp3) is 0.562. The highest BCUT2D eigenvalue weighted by Gasteiger charge is 2.32. The van der Waals surface area contributed by atoms with E-state index in [2.05, 4.69) is 5.32 Å². The number of hydrogen-bond donors (Lipinski definition) is 2. The molecule has 1 amide bonds. The number of amides is 1. The minimum atomic E-state index is -4.33. The van der Waals surface area contributed by atoms with Gasteiger partial charge in [0.1, 0.15) is 0 Å². The van der Waals surface area contributed by atoms with Crippen LogP contribution in [0.5, 0.6) is 0 Å². The van der Waals surface area contributed by atoms with Crippen LogP contribution in [-0.4, -0.2) is 18.5 Å². The van der Waals surface area contributed by atoms with Crippen LogP contribution in [0.25, 0.3) is 0 Å². The van der Waals surface area contributed by atoms with E-state index in [0.717, 1.165) is 25.0 Å². The van der Waals surface area contributed by atoms with Crippen molar-refractivity contribution in [1.82, 2.24) is 5.32 Å². The van der Waals surface area contributed by atoms with Crippen molar-refractivity contribution in [2.75, 3.05) is 6.54 Å². The van der Waals surface area contributed by atoms with E-state index in [1.807, 2.05) is 0 Å². The summed E-state index contributed by atoms with van der Waals surface area (Å²) in [5.74, 6) is 0.0824. The average Bonchev–Trinajstić information content (AvgIpc) is 3.28. The first-order valence-corrected chi connectivity index (χ1v) is 7.48. The van der Waals surface area contributed by atoms with E-state index in [0.29, 0.717) is 24.4 Å². The molecule has 0 aliphatic heterocycles. The molecule has 1 fully saturated rings. The normalized spacial score (nSPS) is 17.1. The molecule has 0 aromatic heterocycles. The van der Waals surface area contributed by atoms with E-state index in [4.69, 9.17) is 5.73 Å². The fourth-order valence-corrected chi connectivity index (χ4v) is 2.47. The molecule has 0 radical (unpaired) electrons. The third kappa shape index (κ3) is 5.70. The lowest BCUT2D eigenvalue weighted by Gasteiger charge is -2.19. The van der Waals surface area contributed by atoms with Gasteiger partial charge in [0.05, 0.1) is 5.56 Å². The summed E-state index contributed by atoms with van der Waals surface area (Å²) in [6, 6.07) is 4.96. The van der Waals surface area contributed by atoms with Gasteiger partial charge in [0.2, 0.25) is 5.91 Å². The Balaban J connectivity index is 0.00000264. The second-order valence-corrected chi connectivity index (χ2v) is 5.99. The van der Waals surface area contributed by atoms with Crippen molar-refractivity contribution < 1.29 is 18.0 Å². The van der Waals surface area contributed by atoms with Crippen LogP contribution in [0.3, 0.4) is 0 Å². The van der Waals surface area contributed by atoms with Crippen LogP contribution in [0.2, 0.25) is 0 Å². The molecule has 3 nitrogen and oxygen atoms in total. The van der Waals surface area contributed by atoms with Gasteiger partial charge in [-0.25, -0.2) is 0 Å². The Morgan fingerprint density at radius 2 is 1.87 bits per heavy atom. The summed E-state index contributed by atoms with van der Waals surface area (Å²) in [5, 5.41) is 2.94. The summed E-state index contributed by atoms with van der Waals surface area (Å²) < 4.78 is 37.5. The second kappa shape index (κ2) is 8.02. The summed E-state index contributed by atoms with van der Waals surface area (Å²) in [7, 11) is 0. The Kier molecular flexibility index (Phi) is 6.89. The molecular weight excluding hydrogens is 329 g/mol. The number of carbonyl (C=O) groups excluding carboxylic acids is 1. The number of hydrogen-bond acceptors (Lipinski definition) is 2. The van der Waals surface area contributed by atoms with Gasteiger partial charge in [0, 0.05) is 18.5 Å². The monoisotopic (exact) mass is 350 g/mol. The van der Waals surface area contributed by atoms with Gasteiger partial charge >= 0.3 is 6.18 Å². The smallest absolute Gasteiger partial charge is 0.352 e. The number of benzene rings is 1. The van der Waals surface area contributed by atoms with Crippen LogP contribution < -0.4 is 11.1 Å². The molecule has 23 heavy (non-hydrogen) atoms. The number of halogens is 4. The Morgan fingerprint density at radius 3 is 2.30 bits per heavy atom. The minimum Gasteiger partial charge on any atom is -0.352 e. The summed E-state index contributed by atoms with van der Waals surface area (Å²) in [5.41, 5.74) is 5.69. The maximum atomic E-state index is 12.5. The third-order valence-corrected chi connectivity index (χ3v) is 4.04. The predicted molar refractivity (Wildman–Crippen MR) is 85.3 cm³/mol. The van der Waals surface area contributed by atoms with E-state index in [-0.39, 0.29) is 30.3 Å². The van der Waals surface area contributed by atoms with E-state index >= 15 is 0 Å². The van der Waals surface area contributed by atoms with Gasteiger partial charge < -0.3 is 11.1 Å². The number of alkyl halides is 3. The summed E-state index contributed by atoms with van der Waals surface area (Å²) in [6.45, 7) is 2.19. The molecule has 0 heterocycles. The molecule has 1 aromatic rings. The average molecular weight is 351 g/mol. The van der Waals surface area contributed by atoms with Crippen LogP contribution in [0.4, 0.5) is 13.2 Å². The van der Waals surface area contributed by atoms with Crippen LogP contribution in [0, 0.1) is 11.8 Å². The third-order valence-electron chi connectivity index (χ3n) is 4.04. The number of carbonyl (C=O) groups is 1. The van der Waals surface area contributed by atoms with E-state index in [1.165, 1.54) is 12.1 Å². The number of nitrogens with two attached hydrogens (primary N) is 1. The molecule has 1 aliphatic carbocycles. The first-order chi connectivity index (χ1) is 10.3. The maximum absolute atomic E-state index is 12.5. The van der Waals surface area contributed by atoms with Crippen molar-refractivity contribution in [3.05, 3.63) is 35.4 Å². The standard InChI is InChI=1S/C16H21F3N2O.ClH/c1-10(15(22)21-14(9-20)12-4-5-12)8-11-2-6-13(7-3-11)16(17,18)19;/h2-3,6-7,10,12,14H,4-5,8-9,20H2,1H3,(H,21,22);1H. The van der Waals surface area contributed by atoms with Crippen molar-refractivity contribution in [2.24, 2.45) is 17.6 Å². The molecule has 2 rings (SSSR count). The predicted octanol–water partition coefficient (Wildman–Crippen LogP) is 3.16. The molecule has 2 unspecified atom stereocenters. The lowest BCUT2D eigenvalue weighted by Crippen LogP contribution is -2.44. The zero-order chi connectivity index (χ0) is 16.3. The molecular formula is C16H22ClF3N2O. The molecule has 130 valence electrons. The quantitative estimate of drug-likeness (QED) is 0.828. The first-order valence-electron chi connectivity index (χ1n) is 7.48. The van der Waals surface area contributed by atoms with Gasteiger partial charge in [-0.3, -0.25) is 4.79 Å². The fourth-order valence-electron chi connectivity index (χ4n) is 2.47. The number of rotatable bonds is 6. The highest BCUT2D eigenvalue weighted by molar-refractivity contribution is 5.85. The molecule has 0 saturated heterocycles. The van der Waals surface area contributed by atoms with E-state index < -0.39 is 11.7 Å². The van der Waals surface area contributed by atoms with E-state index in [1.54, 1.807) is 6.92 Å². The zero-order valence-electron chi connectivity index (χ0n) is 12.9. The van der Waals surface area contributed by atoms with Crippen LogP contribution in [0.1, 0.15) is 30.9 Å².